The van der Waals surface area contributed by atoms with Gasteiger partial charge in [0.05, 0.1) is 11.5 Å². The van der Waals surface area contributed by atoms with Crippen LogP contribution in [-0.2, 0) is 6.42 Å². The summed E-state index contributed by atoms with van der Waals surface area (Å²) >= 11 is 0. The van der Waals surface area contributed by atoms with Crippen molar-refractivity contribution in [3.63, 3.8) is 0 Å². The van der Waals surface area contributed by atoms with E-state index in [1.807, 2.05) is 12.4 Å². The van der Waals surface area contributed by atoms with Crippen LogP contribution in [0.3, 0.4) is 0 Å². The zero-order valence-electron chi connectivity index (χ0n) is 21.0. The molecule has 3 rings (SSSR count). The summed E-state index contributed by atoms with van der Waals surface area (Å²) in [6.07, 6.45) is 22.2. The maximum atomic E-state index is 9.64. The van der Waals surface area contributed by atoms with Gasteiger partial charge in [0.15, 0.2) is 0 Å². The SMILES string of the molecule is CCCCCCCCCCc1ccc(-c2cnc(C3CCC(C#N)(CCC)CC3)nc2)cc1. The molecule has 0 N–H and O–H groups in total. The van der Waals surface area contributed by atoms with Crippen LogP contribution >= 0.6 is 0 Å². The van der Waals surface area contributed by atoms with Gasteiger partial charge in [-0.1, -0.05) is 89.5 Å². The monoisotopic (exact) mass is 445 g/mol. The number of aromatic nitrogens is 2. The Morgan fingerprint density at radius 3 is 2.00 bits per heavy atom. The van der Waals surface area contributed by atoms with Crippen LogP contribution in [-0.4, -0.2) is 9.97 Å². The highest BCUT2D eigenvalue weighted by atomic mass is 14.9. The van der Waals surface area contributed by atoms with Gasteiger partial charge >= 0.3 is 0 Å². The Hall–Kier alpha value is -2.21. The number of hydrogen-bond donors (Lipinski definition) is 0. The average Bonchev–Trinajstić information content (AvgIpc) is 2.87. The van der Waals surface area contributed by atoms with Gasteiger partial charge in [-0.2, -0.15) is 5.26 Å². The molecule has 0 spiro atoms. The predicted molar refractivity (Wildman–Crippen MR) is 138 cm³/mol. The van der Waals surface area contributed by atoms with Crippen molar-refractivity contribution >= 4 is 0 Å². The van der Waals surface area contributed by atoms with Crippen LogP contribution in [0.25, 0.3) is 11.1 Å². The van der Waals surface area contributed by atoms with Crippen LogP contribution in [0.5, 0.6) is 0 Å². The van der Waals surface area contributed by atoms with Gasteiger partial charge in [-0.05, 0) is 56.1 Å². The van der Waals surface area contributed by atoms with E-state index >= 15 is 0 Å². The fourth-order valence-corrected chi connectivity index (χ4v) is 5.35. The number of benzene rings is 1. The molecule has 1 fully saturated rings. The molecule has 1 aliphatic carbocycles. The standard InChI is InChI=1S/C30H43N3/c1-3-5-6-7-8-9-10-11-12-25-13-15-26(16-14-25)28-22-32-29(33-23-28)27-17-20-30(24-31,19-4-2)21-18-27/h13-16,22-23,27H,3-12,17-21H2,1-2H3. The van der Waals surface area contributed by atoms with Crippen LogP contribution in [0.4, 0.5) is 0 Å². The van der Waals surface area contributed by atoms with E-state index in [9.17, 15) is 5.26 Å². The molecule has 0 unspecified atom stereocenters. The van der Waals surface area contributed by atoms with Gasteiger partial charge in [0.25, 0.3) is 0 Å². The minimum absolute atomic E-state index is 0.110. The molecular formula is C30H43N3. The number of nitrogens with zero attached hydrogens (tertiary/aromatic N) is 3. The van der Waals surface area contributed by atoms with E-state index in [4.69, 9.17) is 9.97 Å². The Balaban J connectivity index is 1.44. The van der Waals surface area contributed by atoms with Gasteiger partial charge in [-0.15, -0.1) is 0 Å². The second kappa shape index (κ2) is 13.5. The molecule has 1 aliphatic rings. The second-order valence-corrected chi connectivity index (χ2v) is 10.2. The average molecular weight is 446 g/mol. The van der Waals surface area contributed by atoms with Crippen molar-refractivity contribution in [2.45, 2.75) is 116 Å². The summed E-state index contributed by atoms with van der Waals surface area (Å²) in [4.78, 5) is 9.45. The highest BCUT2D eigenvalue weighted by Gasteiger charge is 2.35. The van der Waals surface area contributed by atoms with Crippen LogP contribution < -0.4 is 0 Å². The summed E-state index contributed by atoms with van der Waals surface area (Å²) in [6, 6.07) is 11.6. The van der Waals surface area contributed by atoms with E-state index in [2.05, 4.69) is 44.2 Å². The van der Waals surface area contributed by atoms with E-state index in [0.717, 1.165) is 49.9 Å². The molecule has 33 heavy (non-hydrogen) atoms. The van der Waals surface area contributed by atoms with Crippen molar-refractivity contribution in [3.8, 4) is 17.2 Å². The van der Waals surface area contributed by atoms with Crippen LogP contribution in [0.15, 0.2) is 36.7 Å². The van der Waals surface area contributed by atoms with Crippen LogP contribution in [0.2, 0.25) is 0 Å². The highest BCUT2D eigenvalue weighted by Crippen LogP contribution is 2.44. The predicted octanol–water partition coefficient (Wildman–Crippen LogP) is 8.79. The van der Waals surface area contributed by atoms with Crippen molar-refractivity contribution < 1.29 is 0 Å². The first kappa shape index (κ1) is 25.4. The van der Waals surface area contributed by atoms with Gasteiger partial charge in [0.2, 0.25) is 0 Å². The zero-order valence-corrected chi connectivity index (χ0v) is 21.0. The molecule has 1 aromatic heterocycles. The van der Waals surface area contributed by atoms with E-state index in [0.29, 0.717) is 5.92 Å². The molecule has 1 heterocycles. The third-order valence-electron chi connectivity index (χ3n) is 7.55. The lowest BCUT2D eigenvalue weighted by Gasteiger charge is -2.34. The molecule has 0 bridgehead atoms. The van der Waals surface area contributed by atoms with Crippen LogP contribution in [0, 0.1) is 16.7 Å². The van der Waals surface area contributed by atoms with Crippen molar-refractivity contribution in [2.24, 2.45) is 5.41 Å². The number of hydrogen-bond acceptors (Lipinski definition) is 3. The Kier molecular flexibility index (Phi) is 10.4. The van der Waals surface area contributed by atoms with Gasteiger partial charge < -0.3 is 0 Å². The molecule has 0 radical (unpaired) electrons. The van der Waals surface area contributed by atoms with E-state index < -0.39 is 0 Å². The third kappa shape index (κ3) is 7.66. The quantitative estimate of drug-likeness (QED) is 0.289. The maximum absolute atomic E-state index is 9.64. The summed E-state index contributed by atoms with van der Waals surface area (Å²) in [5, 5.41) is 9.64. The second-order valence-electron chi connectivity index (χ2n) is 10.2. The Morgan fingerprint density at radius 2 is 1.42 bits per heavy atom. The van der Waals surface area contributed by atoms with E-state index in [1.165, 1.54) is 68.9 Å². The Labute approximate surface area is 202 Å². The number of nitriles is 1. The lowest BCUT2D eigenvalue weighted by atomic mass is 9.69. The highest BCUT2D eigenvalue weighted by molar-refractivity contribution is 5.61. The van der Waals surface area contributed by atoms with Crippen LogP contribution in [0.1, 0.15) is 121 Å². The smallest absolute Gasteiger partial charge is 0.131 e. The molecule has 0 atom stereocenters. The molecule has 1 aromatic carbocycles. The van der Waals surface area contributed by atoms with Gasteiger partial charge in [0, 0.05) is 23.9 Å². The minimum atomic E-state index is -0.110. The first-order chi connectivity index (χ1) is 16.2. The summed E-state index contributed by atoms with van der Waals surface area (Å²) in [6.45, 7) is 4.45. The number of aryl methyl sites for hydroxylation is 1. The molecular weight excluding hydrogens is 402 g/mol. The first-order valence-corrected chi connectivity index (χ1v) is 13.5. The van der Waals surface area contributed by atoms with E-state index in [1.54, 1.807) is 0 Å². The Bertz CT molecular complexity index is 840. The lowest BCUT2D eigenvalue weighted by molar-refractivity contribution is 0.224. The normalized spacial score (nSPS) is 20.5. The molecule has 178 valence electrons. The third-order valence-corrected chi connectivity index (χ3v) is 7.55. The summed E-state index contributed by atoms with van der Waals surface area (Å²) in [7, 11) is 0. The minimum Gasteiger partial charge on any atom is -0.240 e. The molecule has 3 heteroatoms. The molecule has 2 aromatic rings. The largest absolute Gasteiger partial charge is 0.240 e. The van der Waals surface area contributed by atoms with Gasteiger partial charge in [0.1, 0.15) is 5.82 Å². The molecule has 0 amide bonds. The number of unbranched alkanes of at least 4 members (excludes halogenated alkanes) is 7. The summed E-state index contributed by atoms with van der Waals surface area (Å²) < 4.78 is 0. The van der Waals surface area contributed by atoms with Crippen molar-refractivity contribution in [1.82, 2.24) is 9.97 Å². The molecule has 0 aliphatic heterocycles. The zero-order chi connectivity index (χ0) is 23.4. The van der Waals surface area contributed by atoms with Crippen molar-refractivity contribution in [3.05, 3.63) is 48.0 Å². The fraction of sp³-hybridized carbons (Fsp3) is 0.633. The Morgan fingerprint density at radius 1 is 0.818 bits per heavy atom. The summed E-state index contributed by atoms with van der Waals surface area (Å²) in [5.74, 6) is 1.35. The lowest BCUT2D eigenvalue weighted by Crippen LogP contribution is -2.25. The van der Waals surface area contributed by atoms with Gasteiger partial charge in [-0.25, -0.2) is 9.97 Å². The van der Waals surface area contributed by atoms with Gasteiger partial charge in [-0.3, -0.25) is 0 Å². The summed E-state index contributed by atoms with van der Waals surface area (Å²) in [5.41, 5.74) is 3.60. The van der Waals surface area contributed by atoms with E-state index in [-0.39, 0.29) is 5.41 Å². The molecule has 1 saturated carbocycles. The first-order valence-electron chi connectivity index (χ1n) is 13.5. The molecule has 0 saturated heterocycles. The number of rotatable bonds is 13. The fourth-order valence-electron chi connectivity index (χ4n) is 5.35. The van der Waals surface area contributed by atoms with Crippen molar-refractivity contribution in [1.29, 1.82) is 5.26 Å². The maximum Gasteiger partial charge on any atom is 0.131 e. The molecule has 3 nitrogen and oxygen atoms in total. The topological polar surface area (TPSA) is 49.6 Å². The van der Waals surface area contributed by atoms with Crippen molar-refractivity contribution in [2.75, 3.05) is 0 Å².